The second-order valence-corrected chi connectivity index (χ2v) is 3.79. The van der Waals surface area contributed by atoms with E-state index < -0.39 is 0 Å². The SMILES string of the molecule is CCCCN=C1NC(=S)NC2=NC=NC21. The highest BCUT2D eigenvalue weighted by atomic mass is 32.1. The molecule has 0 saturated carbocycles. The van der Waals surface area contributed by atoms with Gasteiger partial charge >= 0.3 is 0 Å². The third-order valence-electron chi connectivity index (χ3n) is 2.21. The number of rotatable bonds is 3. The summed E-state index contributed by atoms with van der Waals surface area (Å²) in [6.07, 6.45) is 3.75. The minimum atomic E-state index is -0.103. The highest BCUT2D eigenvalue weighted by molar-refractivity contribution is 7.80. The molecule has 15 heavy (non-hydrogen) atoms. The first-order chi connectivity index (χ1) is 7.31. The minimum absolute atomic E-state index is 0.103. The van der Waals surface area contributed by atoms with Crippen molar-refractivity contribution in [2.45, 2.75) is 25.8 Å². The van der Waals surface area contributed by atoms with Crippen LogP contribution in [-0.4, -0.2) is 35.7 Å². The molecule has 1 unspecified atom stereocenters. The average molecular weight is 223 g/mol. The molecule has 1 fully saturated rings. The molecule has 1 saturated heterocycles. The summed E-state index contributed by atoms with van der Waals surface area (Å²) in [7, 11) is 0. The van der Waals surface area contributed by atoms with Gasteiger partial charge in [-0.2, -0.15) is 0 Å². The highest BCUT2D eigenvalue weighted by Crippen LogP contribution is 2.06. The molecule has 0 aromatic rings. The van der Waals surface area contributed by atoms with Crippen LogP contribution in [-0.2, 0) is 0 Å². The van der Waals surface area contributed by atoms with Crippen molar-refractivity contribution in [2.75, 3.05) is 6.54 Å². The van der Waals surface area contributed by atoms with E-state index in [1.54, 1.807) is 0 Å². The lowest BCUT2D eigenvalue weighted by Crippen LogP contribution is -2.57. The highest BCUT2D eigenvalue weighted by Gasteiger charge is 2.29. The van der Waals surface area contributed by atoms with Gasteiger partial charge in [-0.15, -0.1) is 0 Å². The molecule has 1 atom stereocenters. The van der Waals surface area contributed by atoms with Crippen molar-refractivity contribution in [3.05, 3.63) is 0 Å². The van der Waals surface area contributed by atoms with E-state index >= 15 is 0 Å². The zero-order chi connectivity index (χ0) is 10.7. The molecule has 0 aliphatic carbocycles. The Morgan fingerprint density at radius 1 is 1.53 bits per heavy atom. The first kappa shape index (κ1) is 10.2. The number of amidine groups is 2. The number of nitrogens with one attached hydrogen (secondary N) is 2. The molecule has 2 N–H and O–H groups in total. The summed E-state index contributed by atoms with van der Waals surface area (Å²) in [5, 5.41) is 6.53. The van der Waals surface area contributed by atoms with Crippen molar-refractivity contribution >= 4 is 35.3 Å². The largest absolute Gasteiger partial charge is 0.319 e. The summed E-state index contributed by atoms with van der Waals surface area (Å²) in [5.74, 6) is 1.58. The Morgan fingerprint density at radius 2 is 2.40 bits per heavy atom. The van der Waals surface area contributed by atoms with Crippen LogP contribution in [0.2, 0.25) is 0 Å². The zero-order valence-corrected chi connectivity index (χ0v) is 9.34. The monoisotopic (exact) mass is 223 g/mol. The molecule has 0 bridgehead atoms. The number of fused-ring (bicyclic) bond motifs is 1. The molecule has 2 rings (SSSR count). The van der Waals surface area contributed by atoms with Gasteiger partial charge in [0.05, 0.1) is 0 Å². The molecule has 2 heterocycles. The van der Waals surface area contributed by atoms with Crippen LogP contribution in [0.1, 0.15) is 19.8 Å². The number of hydrogen-bond acceptors (Lipinski definition) is 4. The van der Waals surface area contributed by atoms with Crippen LogP contribution in [0, 0.1) is 0 Å². The van der Waals surface area contributed by atoms with Crippen LogP contribution in [0.4, 0.5) is 0 Å². The van der Waals surface area contributed by atoms with Crippen LogP contribution < -0.4 is 10.6 Å². The van der Waals surface area contributed by atoms with E-state index in [2.05, 4.69) is 32.5 Å². The number of hydrogen-bond donors (Lipinski definition) is 2. The molecule has 2 aliphatic heterocycles. The Labute approximate surface area is 93.8 Å². The molecule has 0 radical (unpaired) electrons. The Hall–Kier alpha value is -1.30. The lowest BCUT2D eigenvalue weighted by atomic mass is 10.2. The second kappa shape index (κ2) is 4.48. The summed E-state index contributed by atoms with van der Waals surface area (Å²) in [4.78, 5) is 12.7. The Bertz CT molecular complexity index is 358. The summed E-state index contributed by atoms with van der Waals surface area (Å²) >= 11 is 5.05. The van der Waals surface area contributed by atoms with E-state index in [0.717, 1.165) is 31.1 Å². The molecule has 5 nitrogen and oxygen atoms in total. The fourth-order valence-corrected chi connectivity index (χ4v) is 1.63. The van der Waals surface area contributed by atoms with Gasteiger partial charge in [0.2, 0.25) is 0 Å². The first-order valence-corrected chi connectivity index (χ1v) is 5.43. The van der Waals surface area contributed by atoms with Crippen molar-refractivity contribution < 1.29 is 0 Å². The molecule has 80 valence electrons. The summed E-state index contributed by atoms with van der Waals surface area (Å²) in [6.45, 7) is 2.95. The van der Waals surface area contributed by atoms with Crippen LogP contribution in [0.5, 0.6) is 0 Å². The van der Waals surface area contributed by atoms with E-state index in [1.807, 2.05) is 0 Å². The topological polar surface area (TPSA) is 61.1 Å². The van der Waals surface area contributed by atoms with E-state index in [1.165, 1.54) is 6.34 Å². The van der Waals surface area contributed by atoms with Crippen molar-refractivity contribution in [2.24, 2.45) is 15.0 Å². The molecular formula is C9H13N5S. The Balaban J connectivity index is 2.09. The maximum Gasteiger partial charge on any atom is 0.177 e. The molecule has 0 aromatic carbocycles. The third-order valence-corrected chi connectivity index (χ3v) is 2.41. The number of nitrogens with zero attached hydrogens (tertiary/aromatic N) is 3. The van der Waals surface area contributed by atoms with Crippen LogP contribution >= 0.6 is 12.2 Å². The molecule has 0 amide bonds. The molecule has 0 aromatic heterocycles. The molecule has 0 spiro atoms. The fourth-order valence-electron chi connectivity index (χ4n) is 1.42. The van der Waals surface area contributed by atoms with Crippen LogP contribution in [0.3, 0.4) is 0 Å². The van der Waals surface area contributed by atoms with E-state index in [0.29, 0.717) is 5.11 Å². The first-order valence-electron chi connectivity index (χ1n) is 5.03. The Morgan fingerprint density at radius 3 is 3.20 bits per heavy atom. The Kier molecular flexibility index (Phi) is 3.05. The van der Waals surface area contributed by atoms with E-state index in [4.69, 9.17) is 12.2 Å². The van der Waals surface area contributed by atoms with Crippen molar-refractivity contribution in [3.8, 4) is 0 Å². The predicted octanol–water partition coefficient (Wildman–Crippen LogP) is 0.472. The number of aliphatic imine (C=N–C) groups is 3. The zero-order valence-electron chi connectivity index (χ0n) is 8.53. The van der Waals surface area contributed by atoms with Gasteiger partial charge in [0, 0.05) is 6.54 Å². The second-order valence-electron chi connectivity index (χ2n) is 3.38. The van der Waals surface area contributed by atoms with E-state index in [9.17, 15) is 0 Å². The smallest absolute Gasteiger partial charge is 0.177 e. The van der Waals surface area contributed by atoms with Gasteiger partial charge in [0.1, 0.15) is 18.0 Å². The minimum Gasteiger partial charge on any atom is -0.319 e. The summed E-state index contributed by atoms with van der Waals surface area (Å²) in [5.41, 5.74) is 0. The van der Waals surface area contributed by atoms with Gasteiger partial charge in [-0.05, 0) is 18.6 Å². The normalized spacial score (nSPS) is 25.9. The van der Waals surface area contributed by atoms with Crippen molar-refractivity contribution in [3.63, 3.8) is 0 Å². The van der Waals surface area contributed by atoms with E-state index in [-0.39, 0.29) is 6.04 Å². The van der Waals surface area contributed by atoms with Gasteiger partial charge in [-0.1, -0.05) is 13.3 Å². The average Bonchev–Trinajstić information content (AvgIpc) is 2.65. The van der Waals surface area contributed by atoms with Gasteiger partial charge < -0.3 is 10.6 Å². The van der Waals surface area contributed by atoms with Gasteiger partial charge in [0.15, 0.2) is 11.2 Å². The van der Waals surface area contributed by atoms with Crippen molar-refractivity contribution in [1.82, 2.24) is 10.6 Å². The summed E-state index contributed by atoms with van der Waals surface area (Å²) < 4.78 is 0. The predicted molar refractivity (Wildman–Crippen MR) is 65.8 cm³/mol. The van der Waals surface area contributed by atoms with Crippen molar-refractivity contribution in [1.29, 1.82) is 0 Å². The quantitative estimate of drug-likeness (QED) is 0.540. The maximum absolute atomic E-state index is 5.05. The third kappa shape index (κ3) is 2.20. The summed E-state index contributed by atoms with van der Waals surface area (Å²) in [6, 6.07) is -0.103. The van der Waals surface area contributed by atoms with Gasteiger partial charge in [-0.25, -0.2) is 4.99 Å². The van der Waals surface area contributed by atoms with Gasteiger partial charge in [-0.3, -0.25) is 9.98 Å². The molecular weight excluding hydrogens is 210 g/mol. The van der Waals surface area contributed by atoms with Crippen LogP contribution in [0.25, 0.3) is 0 Å². The lowest BCUT2D eigenvalue weighted by Gasteiger charge is -2.23. The standard InChI is InChI=1S/C9H13N5S/c1-2-3-4-10-7-6-8(12-5-11-6)14-9(15)13-7/h5-6H,2-4H2,1H3,(H2,10,11,12,13,14,15). The lowest BCUT2D eigenvalue weighted by molar-refractivity contribution is 0.799. The maximum atomic E-state index is 5.05. The number of unbranched alkanes of at least 4 members (excludes halogenated alkanes) is 1. The fraction of sp³-hybridized carbons (Fsp3) is 0.556. The van der Waals surface area contributed by atoms with Crippen LogP contribution in [0.15, 0.2) is 15.0 Å². The van der Waals surface area contributed by atoms with Gasteiger partial charge in [0.25, 0.3) is 0 Å². The number of thiocarbonyl (C=S) groups is 1. The molecule has 6 heteroatoms. The molecule has 2 aliphatic rings.